The van der Waals surface area contributed by atoms with Crippen LogP contribution in [0.4, 0.5) is 0 Å². The second kappa shape index (κ2) is 5.60. The molecule has 1 aromatic heterocycles. The highest BCUT2D eigenvalue weighted by Gasteiger charge is 2.27. The Labute approximate surface area is 124 Å². The van der Waals surface area contributed by atoms with E-state index in [-0.39, 0.29) is 5.92 Å². The van der Waals surface area contributed by atoms with Gasteiger partial charge in [0.25, 0.3) is 0 Å². The Bertz CT molecular complexity index is 737. The predicted molar refractivity (Wildman–Crippen MR) is 79.6 cm³/mol. The Morgan fingerprint density at radius 3 is 2.76 bits per heavy atom. The molecular formula is C15H18N2O3S. The van der Waals surface area contributed by atoms with Crippen molar-refractivity contribution in [3.05, 3.63) is 35.7 Å². The molecule has 0 bridgehead atoms. The van der Waals surface area contributed by atoms with Crippen LogP contribution in [-0.4, -0.2) is 30.1 Å². The lowest BCUT2D eigenvalue weighted by atomic mass is 9.96. The molecule has 1 saturated heterocycles. The molecule has 0 N–H and O–H groups in total. The van der Waals surface area contributed by atoms with E-state index in [4.69, 9.17) is 4.42 Å². The predicted octanol–water partition coefficient (Wildman–Crippen LogP) is 2.41. The molecule has 21 heavy (non-hydrogen) atoms. The molecule has 0 unspecified atom stereocenters. The molecule has 1 atom stereocenters. The van der Waals surface area contributed by atoms with Gasteiger partial charge in [0.2, 0.25) is 11.8 Å². The topological polar surface area (TPSA) is 73.1 Å². The van der Waals surface area contributed by atoms with Crippen molar-refractivity contribution in [1.29, 1.82) is 0 Å². The van der Waals surface area contributed by atoms with Crippen molar-refractivity contribution in [3.8, 4) is 11.5 Å². The van der Waals surface area contributed by atoms with Gasteiger partial charge in [-0.15, -0.1) is 10.2 Å². The minimum atomic E-state index is -2.80. The number of aryl methyl sites for hydroxylation is 2. The number of sulfone groups is 1. The number of aromatic nitrogens is 2. The van der Waals surface area contributed by atoms with Crippen molar-refractivity contribution in [2.45, 2.75) is 26.2 Å². The smallest absolute Gasteiger partial charge is 0.247 e. The average molecular weight is 306 g/mol. The first-order chi connectivity index (χ1) is 10.0. The van der Waals surface area contributed by atoms with Gasteiger partial charge in [0.1, 0.15) is 0 Å². The van der Waals surface area contributed by atoms with Gasteiger partial charge < -0.3 is 4.42 Å². The lowest BCUT2D eigenvalue weighted by Crippen LogP contribution is -2.06. The fraction of sp³-hybridized carbons (Fsp3) is 0.467. The third-order valence-corrected chi connectivity index (χ3v) is 5.76. The number of nitrogens with zero attached hydrogens (tertiary/aromatic N) is 2. The summed E-state index contributed by atoms with van der Waals surface area (Å²) in [5.41, 5.74) is 2.07. The van der Waals surface area contributed by atoms with Crippen molar-refractivity contribution < 1.29 is 12.8 Å². The average Bonchev–Trinajstić information content (AvgIpc) is 3.02. The van der Waals surface area contributed by atoms with Crippen LogP contribution in [-0.2, 0) is 16.3 Å². The van der Waals surface area contributed by atoms with Crippen LogP contribution in [0, 0.1) is 12.8 Å². The van der Waals surface area contributed by atoms with Crippen LogP contribution in [0.15, 0.2) is 28.7 Å². The third kappa shape index (κ3) is 3.32. The van der Waals surface area contributed by atoms with Crippen LogP contribution in [0.5, 0.6) is 0 Å². The summed E-state index contributed by atoms with van der Waals surface area (Å²) in [6, 6.07) is 7.93. The molecule has 0 aliphatic carbocycles. The fourth-order valence-corrected chi connectivity index (χ4v) is 4.72. The van der Waals surface area contributed by atoms with E-state index in [2.05, 4.69) is 10.2 Å². The van der Waals surface area contributed by atoms with Crippen molar-refractivity contribution in [1.82, 2.24) is 10.2 Å². The lowest BCUT2D eigenvalue weighted by Gasteiger charge is -2.09. The van der Waals surface area contributed by atoms with Crippen LogP contribution < -0.4 is 0 Å². The van der Waals surface area contributed by atoms with Gasteiger partial charge in [0.15, 0.2) is 9.84 Å². The molecule has 2 heterocycles. The number of rotatable bonds is 4. The minimum absolute atomic E-state index is 0.271. The van der Waals surface area contributed by atoms with Gasteiger partial charge in [-0.05, 0) is 36.8 Å². The fourth-order valence-electron chi connectivity index (χ4n) is 2.81. The van der Waals surface area contributed by atoms with Crippen LogP contribution >= 0.6 is 0 Å². The first-order valence-corrected chi connectivity index (χ1v) is 8.94. The molecule has 112 valence electrons. The highest BCUT2D eigenvalue weighted by molar-refractivity contribution is 7.91. The van der Waals surface area contributed by atoms with Gasteiger partial charge in [-0.1, -0.05) is 18.2 Å². The van der Waals surface area contributed by atoms with Crippen LogP contribution in [0.3, 0.4) is 0 Å². The molecule has 1 aliphatic heterocycles. The zero-order valence-electron chi connectivity index (χ0n) is 11.9. The number of hydrogen-bond acceptors (Lipinski definition) is 5. The van der Waals surface area contributed by atoms with E-state index in [0.29, 0.717) is 23.3 Å². The summed E-state index contributed by atoms with van der Waals surface area (Å²) >= 11 is 0. The zero-order chi connectivity index (χ0) is 14.9. The van der Waals surface area contributed by atoms with E-state index in [1.807, 2.05) is 24.3 Å². The van der Waals surface area contributed by atoms with Crippen molar-refractivity contribution in [2.75, 3.05) is 11.5 Å². The third-order valence-electron chi connectivity index (χ3n) is 3.92. The summed E-state index contributed by atoms with van der Waals surface area (Å²) in [7, 11) is -2.80. The molecule has 5 nitrogen and oxygen atoms in total. The molecule has 0 spiro atoms. The van der Waals surface area contributed by atoms with Crippen molar-refractivity contribution in [3.63, 3.8) is 0 Å². The Balaban J connectivity index is 1.74. The summed E-state index contributed by atoms with van der Waals surface area (Å²) < 4.78 is 28.5. The molecule has 3 rings (SSSR count). The molecule has 6 heteroatoms. The summed E-state index contributed by atoms with van der Waals surface area (Å²) in [4.78, 5) is 0. The first kappa shape index (κ1) is 14.3. The highest BCUT2D eigenvalue weighted by atomic mass is 32.2. The van der Waals surface area contributed by atoms with Gasteiger partial charge in [0, 0.05) is 12.5 Å². The van der Waals surface area contributed by atoms with Gasteiger partial charge in [-0.25, -0.2) is 8.42 Å². The summed E-state index contributed by atoms with van der Waals surface area (Å²) in [6.45, 7) is 1.77. The molecule has 0 radical (unpaired) electrons. The van der Waals surface area contributed by atoms with Crippen LogP contribution in [0.1, 0.15) is 24.3 Å². The molecule has 0 amide bonds. The maximum absolute atomic E-state index is 11.5. The van der Waals surface area contributed by atoms with Gasteiger partial charge in [-0.3, -0.25) is 0 Å². The van der Waals surface area contributed by atoms with E-state index in [1.165, 1.54) is 0 Å². The minimum Gasteiger partial charge on any atom is -0.421 e. The Morgan fingerprint density at radius 1 is 1.29 bits per heavy atom. The van der Waals surface area contributed by atoms with Crippen molar-refractivity contribution >= 4 is 9.84 Å². The molecule has 1 aliphatic rings. The molecular weight excluding hydrogens is 288 g/mol. The largest absolute Gasteiger partial charge is 0.421 e. The lowest BCUT2D eigenvalue weighted by molar-refractivity contribution is 0.528. The van der Waals surface area contributed by atoms with Gasteiger partial charge in [-0.2, -0.15) is 0 Å². The maximum Gasteiger partial charge on any atom is 0.247 e. The van der Waals surface area contributed by atoms with Crippen LogP contribution in [0.2, 0.25) is 0 Å². The number of benzene rings is 1. The summed E-state index contributed by atoms with van der Waals surface area (Å²) in [5.74, 6) is 2.01. The Morgan fingerprint density at radius 2 is 2.10 bits per heavy atom. The van der Waals surface area contributed by atoms with E-state index in [0.717, 1.165) is 30.4 Å². The van der Waals surface area contributed by atoms with E-state index < -0.39 is 9.84 Å². The molecule has 2 aromatic rings. The number of hydrogen-bond donors (Lipinski definition) is 0. The maximum atomic E-state index is 11.5. The molecule has 1 fully saturated rings. The standard InChI is InChI=1S/C15H18N2O3S/c1-11-16-17-15(20-11)14-5-3-2-4-13(14)7-6-12-8-9-21(18,19)10-12/h2-5,12H,6-10H2,1H3/t12-/m0/s1. The van der Waals surface area contributed by atoms with Crippen LogP contribution in [0.25, 0.3) is 11.5 Å². The Kier molecular flexibility index (Phi) is 3.80. The molecule has 0 saturated carbocycles. The quantitative estimate of drug-likeness (QED) is 0.867. The van der Waals surface area contributed by atoms with E-state index in [9.17, 15) is 8.42 Å². The second-order valence-corrected chi connectivity index (χ2v) is 7.82. The Hall–Kier alpha value is -1.69. The van der Waals surface area contributed by atoms with Gasteiger partial charge >= 0.3 is 0 Å². The normalized spacial score (nSPS) is 20.7. The summed E-state index contributed by atoms with van der Waals surface area (Å²) in [6.07, 6.45) is 2.49. The van der Waals surface area contributed by atoms with E-state index in [1.54, 1.807) is 6.92 Å². The first-order valence-electron chi connectivity index (χ1n) is 7.12. The monoisotopic (exact) mass is 306 g/mol. The second-order valence-electron chi connectivity index (χ2n) is 5.59. The molecule has 1 aromatic carbocycles. The zero-order valence-corrected chi connectivity index (χ0v) is 12.8. The van der Waals surface area contributed by atoms with Gasteiger partial charge in [0.05, 0.1) is 11.5 Å². The highest BCUT2D eigenvalue weighted by Crippen LogP contribution is 2.27. The SMILES string of the molecule is Cc1nnc(-c2ccccc2CC[C@H]2CCS(=O)(=O)C2)o1. The summed E-state index contributed by atoms with van der Waals surface area (Å²) in [5, 5.41) is 7.93. The van der Waals surface area contributed by atoms with Crippen molar-refractivity contribution in [2.24, 2.45) is 5.92 Å². The van der Waals surface area contributed by atoms with E-state index >= 15 is 0 Å².